The third kappa shape index (κ3) is 3.96. The predicted molar refractivity (Wildman–Crippen MR) is 80.8 cm³/mol. The molecule has 0 bridgehead atoms. The number of amides is 1. The lowest BCUT2D eigenvalue weighted by Gasteiger charge is -2.07. The lowest BCUT2D eigenvalue weighted by molar-refractivity contribution is 0.0954. The second-order valence-electron chi connectivity index (χ2n) is 4.44. The highest BCUT2D eigenvalue weighted by Crippen LogP contribution is 2.14. The standard InChI is InChI=1S/C15H16ClN3O/c16-14-9-12(13(17)10-19-14)15(20)18-8-4-7-11-5-2-1-3-6-11/h1-3,5-6,9-10H,4,7-8,17H2,(H,18,20). The summed E-state index contributed by atoms with van der Waals surface area (Å²) >= 11 is 5.76. The van der Waals surface area contributed by atoms with Gasteiger partial charge in [-0.15, -0.1) is 0 Å². The number of aromatic nitrogens is 1. The summed E-state index contributed by atoms with van der Waals surface area (Å²) < 4.78 is 0. The summed E-state index contributed by atoms with van der Waals surface area (Å²) in [5.41, 5.74) is 7.66. The second-order valence-corrected chi connectivity index (χ2v) is 4.83. The Balaban J connectivity index is 1.82. The summed E-state index contributed by atoms with van der Waals surface area (Å²) in [7, 11) is 0. The van der Waals surface area contributed by atoms with E-state index in [1.807, 2.05) is 18.2 Å². The van der Waals surface area contributed by atoms with Gasteiger partial charge in [0.1, 0.15) is 5.15 Å². The quantitative estimate of drug-likeness (QED) is 0.657. The Hall–Kier alpha value is -2.07. The fourth-order valence-electron chi connectivity index (χ4n) is 1.87. The number of aryl methyl sites for hydroxylation is 1. The first kappa shape index (κ1) is 14.3. The molecule has 0 saturated heterocycles. The van der Waals surface area contributed by atoms with Gasteiger partial charge in [-0.25, -0.2) is 4.98 Å². The van der Waals surface area contributed by atoms with Crippen molar-refractivity contribution in [2.75, 3.05) is 12.3 Å². The van der Waals surface area contributed by atoms with Crippen molar-refractivity contribution in [3.05, 3.63) is 58.9 Å². The number of pyridine rings is 1. The van der Waals surface area contributed by atoms with Gasteiger partial charge in [0.25, 0.3) is 5.91 Å². The van der Waals surface area contributed by atoms with Crippen LogP contribution >= 0.6 is 11.6 Å². The highest BCUT2D eigenvalue weighted by molar-refractivity contribution is 6.29. The molecule has 0 atom stereocenters. The molecule has 0 aliphatic heterocycles. The summed E-state index contributed by atoms with van der Waals surface area (Å²) in [5.74, 6) is -0.222. The maximum Gasteiger partial charge on any atom is 0.253 e. The minimum atomic E-state index is -0.222. The number of halogens is 1. The van der Waals surface area contributed by atoms with Crippen LogP contribution in [0.1, 0.15) is 22.3 Å². The number of hydrogen-bond donors (Lipinski definition) is 2. The molecule has 0 fully saturated rings. The predicted octanol–water partition coefficient (Wildman–Crippen LogP) is 2.68. The molecule has 1 heterocycles. The van der Waals surface area contributed by atoms with Crippen molar-refractivity contribution in [1.29, 1.82) is 0 Å². The molecule has 4 nitrogen and oxygen atoms in total. The molecule has 1 aromatic heterocycles. The number of nitrogen functional groups attached to an aromatic ring is 1. The van der Waals surface area contributed by atoms with Crippen molar-refractivity contribution in [2.24, 2.45) is 0 Å². The zero-order valence-corrected chi connectivity index (χ0v) is 11.7. The van der Waals surface area contributed by atoms with Crippen LogP contribution in [0.2, 0.25) is 5.15 Å². The van der Waals surface area contributed by atoms with Crippen LogP contribution in [0.3, 0.4) is 0 Å². The summed E-state index contributed by atoms with van der Waals surface area (Å²) in [5, 5.41) is 3.09. The van der Waals surface area contributed by atoms with E-state index in [4.69, 9.17) is 17.3 Å². The molecule has 0 radical (unpaired) electrons. The Kier molecular flexibility index (Phi) is 4.96. The average molecular weight is 290 g/mol. The first-order valence-electron chi connectivity index (χ1n) is 6.40. The molecule has 2 aromatic rings. The Morgan fingerprint density at radius 2 is 2.05 bits per heavy atom. The largest absolute Gasteiger partial charge is 0.397 e. The maximum atomic E-state index is 12.0. The van der Waals surface area contributed by atoms with E-state index >= 15 is 0 Å². The van der Waals surface area contributed by atoms with Crippen molar-refractivity contribution in [1.82, 2.24) is 10.3 Å². The molecule has 0 aliphatic carbocycles. The zero-order valence-electron chi connectivity index (χ0n) is 11.0. The topological polar surface area (TPSA) is 68.0 Å². The molecule has 5 heteroatoms. The van der Waals surface area contributed by atoms with Crippen LogP contribution in [-0.2, 0) is 6.42 Å². The number of nitrogens with two attached hydrogens (primary N) is 1. The molecule has 0 unspecified atom stereocenters. The van der Waals surface area contributed by atoms with Gasteiger partial charge in [-0.2, -0.15) is 0 Å². The number of nitrogens with zero attached hydrogens (tertiary/aromatic N) is 1. The molecule has 0 aliphatic rings. The monoisotopic (exact) mass is 289 g/mol. The Morgan fingerprint density at radius 1 is 1.30 bits per heavy atom. The number of hydrogen-bond acceptors (Lipinski definition) is 3. The molecule has 2 rings (SSSR count). The van der Waals surface area contributed by atoms with E-state index in [1.165, 1.54) is 17.8 Å². The third-order valence-electron chi connectivity index (χ3n) is 2.92. The summed E-state index contributed by atoms with van der Waals surface area (Å²) in [6, 6.07) is 11.6. The fraction of sp³-hybridized carbons (Fsp3) is 0.200. The lowest BCUT2D eigenvalue weighted by Crippen LogP contribution is -2.25. The molecular formula is C15H16ClN3O. The molecule has 1 amide bonds. The second kappa shape index (κ2) is 6.91. The van der Waals surface area contributed by atoms with Gasteiger partial charge < -0.3 is 11.1 Å². The van der Waals surface area contributed by atoms with Crippen molar-refractivity contribution in [3.8, 4) is 0 Å². The van der Waals surface area contributed by atoms with Crippen LogP contribution in [0.5, 0.6) is 0 Å². The molecular weight excluding hydrogens is 274 g/mol. The summed E-state index contributed by atoms with van der Waals surface area (Å²) in [4.78, 5) is 15.8. The molecule has 20 heavy (non-hydrogen) atoms. The van der Waals surface area contributed by atoms with Crippen LogP contribution in [0.15, 0.2) is 42.6 Å². The number of rotatable bonds is 5. The average Bonchev–Trinajstić information content (AvgIpc) is 2.47. The van der Waals surface area contributed by atoms with Gasteiger partial charge in [-0.3, -0.25) is 4.79 Å². The van der Waals surface area contributed by atoms with Crippen LogP contribution < -0.4 is 11.1 Å². The van der Waals surface area contributed by atoms with E-state index in [0.29, 0.717) is 17.8 Å². The van der Waals surface area contributed by atoms with Crippen LogP contribution in [-0.4, -0.2) is 17.4 Å². The fourth-order valence-corrected chi connectivity index (χ4v) is 2.03. The van der Waals surface area contributed by atoms with Gasteiger partial charge in [0, 0.05) is 6.54 Å². The summed E-state index contributed by atoms with van der Waals surface area (Å²) in [6.07, 6.45) is 3.18. The Morgan fingerprint density at radius 3 is 2.80 bits per heavy atom. The van der Waals surface area contributed by atoms with Crippen molar-refractivity contribution in [3.63, 3.8) is 0 Å². The minimum absolute atomic E-state index is 0.222. The number of carbonyl (C=O) groups is 1. The third-order valence-corrected chi connectivity index (χ3v) is 3.12. The first-order chi connectivity index (χ1) is 9.66. The molecule has 104 valence electrons. The van der Waals surface area contributed by atoms with Gasteiger partial charge >= 0.3 is 0 Å². The normalized spacial score (nSPS) is 10.2. The summed E-state index contributed by atoms with van der Waals surface area (Å²) in [6.45, 7) is 0.590. The van der Waals surface area contributed by atoms with Gasteiger partial charge in [-0.1, -0.05) is 41.9 Å². The van der Waals surface area contributed by atoms with Crippen LogP contribution in [0, 0.1) is 0 Å². The van der Waals surface area contributed by atoms with Gasteiger partial charge in [-0.05, 0) is 24.5 Å². The van der Waals surface area contributed by atoms with E-state index in [0.717, 1.165) is 12.8 Å². The van der Waals surface area contributed by atoms with Gasteiger partial charge in [0.05, 0.1) is 17.4 Å². The van der Waals surface area contributed by atoms with E-state index < -0.39 is 0 Å². The number of carbonyl (C=O) groups excluding carboxylic acids is 1. The first-order valence-corrected chi connectivity index (χ1v) is 6.78. The van der Waals surface area contributed by atoms with Gasteiger partial charge in [0.15, 0.2) is 0 Å². The van der Waals surface area contributed by atoms with E-state index in [9.17, 15) is 4.79 Å². The highest BCUT2D eigenvalue weighted by Gasteiger charge is 2.10. The zero-order chi connectivity index (χ0) is 14.4. The lowest BCUT2D eigenvalue weighted by atomic mass is 10.1. The number of benzene rings is 1. The van der Waals surface area contributed by atoms with Crippen molar-refractivity contribution >= 4 is 23.2 Å². The van der Waals surface area contributed by atoms with E-state index in [-0.39, 0.29) is 11.1 Å². The minimum Gasteiger partial charge on any atom is -0.397 e. The van der Waals surface area contributed by atoms with Crippen LogP contribution in [0.4, 0.5) is 5.69 Å². The number of nitrogens with one attached hydrogen (secondary N) is 1. The van der Waals surface area contributed by atoms with Crippen molar-refractivity contribution < 1.29 is 4.79 Å². The van der Waals surface area contributed by atoms with Crippen LogP contribution in [0.25, 0.3) is 0 Å². The molecule has 0 saturated carbocycles. The Labute approximate surface area is 123 Å². The van der Waals surface area contributed by atoms with Crippen molar-refractivity contribution in [2.45, 2.75) is 12.8 Å². The van der Waals surface area contributed by atoms with E-state index in [2.05, 4.69) is 22.4 Å². The SMILES string of the molecule is Nc1cnc(Cl)cc1C(=O)NCCCc1ccccc1. The highest BCUT2D eigenvalue weighted by atomic mass is 35.5. The van der Waals surface area contributed by atoms with E-state index in [1.54, 1.807) is 0 Å². The smallest absolute Gasteiger partial charge is 0.253 e. The molecule has 3 N–H and O–H groups in total. The Bertz CT molecular complexity index is 587. The molecule has 1 aromatic carbocycles. The molecule has 0 spiro atoms. The maximum absolute atomic E-state index is 12.0. The van der Waals surface area contributed by atoms with Gasteiger partial charge in [0.2, 0.25) is 0 Å². The number of anilines is 1.